The van der Waals surface area contributed by atoms with Crippen LogP contribution in [0.1, 0.15) is 71.1 Å². The van der Waals surface area contributed by atoms with Crippen LogP contribution in [-0.2, 0) is 19.0 Å². The summed E-state index contributed by atoms with van der Waals surface area (Å²) in [7, 11) is 0. The first-order chi connectivity index (χ1) is 12.5. The number of carbonyl (C=O) groups excluding carboxylic acids is 1. The monoisotopic (exact) mass is 362 g/mol. The van der Waals surface area contributed by atoms with Crippen molar-refractivity contribution in [3.63, 3.8) is 0 Å². The Labute approximate surface area is 157 Å². The summed E-state index contributed by atoms with van der Waals surface area (Å²) in [5, 5.41) is 0. The van der Waals surface area contributed by atoms with E-state index >= 15 is 0 Å². The Balaban J connectivity index is 1.28. The molecule has 5 aliphatic carbocycles. The number of carbonyl (C=O) groups is 1. The molecular weight excluding hydrogens is 328 g/mol. The molecule has 26 heavy (non-hydrogen) atoms. The highest BCUT2D eigenvalue weighted by molar-refractivity contribution is 5.87. The molecule has 2 unspecified atom stereocenters. The Morgan fingerprint density at radius 3 is 2.42 bits per heavy atom. The van der Waals surface area contributed by atoms with Crippen molar-refractivity contribution in [1.82, 2.24) is 0 Å². The summed E-state index contributed by atoms with van der Waals surface area (Å²) in [4.78, 5) is 12.0. The Kier molecular flexibility index (Phi) is 5.43. The van der Waals surface area contributed by atoms with Crippen LogP contribution in [0.2, 0.25) is 0 Å². The minimum absolute atomic E-state index is 0.0325. The molecule has 4 nitrogen and oxygen atoms in total. The van der Waals surface area contributed by atoms with E-state index in [0.717, 1.165) is 37.7 Å². The molecule has 5 saturated carbocycles. The summed E-state index contributed by atoms with van der Waals surface area (Å²) < 4.78 is 18.1. The van der Waals surface area contributed by atoms with E-state index in [1.54, 1.807) is 6.92 Å². The van der Waals surface area contributed by atoms with Gasteiger partial charge in [-0.15, -0.1) is 0 Å². The van der Waals surface area contributed by atoms with Crippen LogP contribution < -0.4 is 0 Å². The zero-order valence-corrected chi connectivity index (χ0v) is 16.2. The predicted molar refractivity (Wildman–Crippen MR) is 99.5 cm³/mol. The smallest absolute Gasteiger partial charge is 0.333 e. The molecule has 0 radical (unpaired) electrons. The van der Waals surface area contributed by atoms with Crippen LogP contribution in [0.3, 0.4) is 0 Å². The van der Waals surface area contributed by atoms with Crippen molar-refractivity contribution in [3.8, 4) is 0 Å². The average molecular weight is 363 g/mol. The Morgan fingerprint density at radius 2 is 1.77 bits per heavy atom. The molecule has 2 atom stereocenters. The van der Waals surface area contributed by atoms with Gasteiger partial charge in [-0.3, -0.25) is 0 Å². The number of hydrogen-bond donors (Lipinski definition) is 0. The van der Waals surface area contributed by atoms with Crippen LogP contribution in [-0.4, -0.2) is 31.1 Å². The number of esters is 1. The first-order valence-electron chi connectivity index (χ1n) is 10.6. The molecule has 0 saturated heterocycles. The maximum Gasteiger partial charge on any atom is 0.333 e. The average Bonchev–Trinajstić information content (AvgIpc) is 2.62. The Bertz CT molecular complexity index is 520. The van der Waals surface area contributed by atoms with Crippen LogP contribution in [0.15, 0.2) is 12.2 Å². The molecular formula is C22H34O4. The lowest BCUT2D eigenvalue weighted by Gasteiger charge is -2.58. The second-order valence-electron chi connectivity index (χ2n) is 9.44. The van der Waals surface area contributed by atoms with E-state index < -0.39 is 0 Å². The van der Waals surface area contributed by atoms with Crippen molar-refractivity contribution >= 4 is 5.97 Å². The highest BCUT2D eigenvalue weighted by atomic mass is 16.7. The molecule has 5 aliphatic rings. The van der Waals surface area contributed by atoms with Crippen molar-refractivity contribution in [3.05, 3.63) is 12.2 Å². The van der Waals surface area contributed by atoms with Gasteiger partial charge in [0.25, 0.3) is 0 Å². The summed E-state index contributed by atoms with van der Waals surface area (Å²) in [6, 6.07) is 0. The number of hydrogen-bond acceptors (Lipinski definition) is 4. The second-order valence-corrected chi connectivity index (χ2v) is 9.44. The van der Waals surface area contributed by atoms with E-state index in [0.29, 0.717) is 24.2 Å². The molecule has 4 bridgehead atoms. The fourth-order valence-corrected chi connectivity index (χ4v) is 6.23. The van der Waals surface area contributed by atoms with E-state index in [9.17, 15) is 4.79 Å². The van der Waals surface area contributed by atoms with Gasteiger partial charge in [-0.05, 0) is 75.5 Å². The van der Waals surface area contributed by atoms with E-state index in [-0.39, 0.29) is 17.7 Å². The van der Waals surface area contributed by atoms with Gasteiger partial charge < -0.3 is 14.2 Å². The second kappa shape index (κ2) is 7.63. The fraction of sp³-hybridized carbons (Fsp3) is 0.864. The fourth-order valence-electron chi connectivity index (χ4n) is 6.23. The largest absolute Gasteiger partial charge is 0.458 e. The van der Waals surface area contributed by atoms with Gasteiger partial charge in [0.2, 0.25) is 0 Å². The lowest BCUT2D eigenvalue weighted by molar-refractivity contribution is -0.239. The van der Waals surface area contributed by atoms with Crippen LogP contribution in [0.5, 0.6) is 0 Å². The molecule has 0 heterocycles. The third-order valence-electron chi connectivity index (χ3n) is 7.25. The lowest BCUT2D eigenvalue weighted by atomic mass is 9.53. The molecule has 5 fully saturated rings. The standard InChI is InChI=1S/C22H34O4/c1-15(2)21(23)26-20-18-8-17-9-19(20)12-22(10-17,11-18)25-14-24-13-16-6-4-3-5-7-16/h16-20H,1,3-14H2,2H3. The summed E-state index contributed by atoms with van der Waals surface area (Å²) in [5.74, 6) is 2.12. The van der Waals surface area contributed by atoms with Gasteiger partial charge in [-0.25, -0.2) is 4.79 Å². The molecule has 0 aromatic carbocycles. The van der Waals surface area contributed by atoms with Crippen LogP contribution in [0, 0.1) is 23.7 Å². The number of rotatable bonds is 7. The first kappa shape index (κ1) is 18.5. The first-order valence-corrected chi connectivity index (χ1v) is 10.6. The quantitative estimate of drug-likeness (QED) is 0.287. The Morgan fingerprint density at radius 1 is 1.08 bits per heavy atom. The molecule has 0 spiro atoms. The molecule has 0 aliphatic heterocycles. The minimum Gasteiger partial charge on any atom is -0.458 e. The van der Waals surface area contributed by atoms with Crippen LogP contribution in [0.4, 0.5) is 0 Å². The molecule has 146 valence electrons. The van der Waals surface area contributed by atoms with Gasteiger partial charge in [0.15, 0.2) is 0 Å². The zero-order valence-electron chi connectivity index (χ0n) is 16.2. The van der Waals surface area contributed by atoms with Gasteiger partial charge >= 0.3 is 5.97 Å². The summed E-state index contributed by atoms with van der Waals surface area (Å²) in [5.41, 5.74) is 0.468. The van der Waals surface area contributed by atoms with Crippen molar-refractivity contribution in [2.75, 3.05) is 13.4 Å². The van der Waals surface area contributed by atoms with Crippen molar-refractivity contribution < 1.29 is 19.0 Å². The zero-order chi connectivity index (χ0) is 18.1. The third kappa shape index (κ3) is 3.87. The van der Waals surface area contributed by atoms with Gasteiger partial charge in [-0.2, -0.15) is 0 Å². The highest BCUT2D eigenvalue weighted by Gasteiger charge is 2.57. The molecule has 0 amide bonds. The minimum atomic E-state index is -0.228. The molecule has 5 rings (SSSR count). The summed E-state index contributed by atoms with van der Waals surface area (Å²) in [6.07, 6.45) is 12.3. The molecule has 0 N–H and O–H groups in total. The molecule has 0 aromatic heterocycles. The predicted octanol–water partition coefficient (Wildman–Crippen LogP) is 4.62. The van der Waals surface area contributed by atoms with Gasteiger partial charge in [0, 0.05) is 5.57 Å². The van der Waals surface area contributed by atoms with E-state index in [1.165, 1.54) is 44.9 Å². The van der Waals surface area contributed by atoms with E-state index in [2.05, 4.69) is 6.58 Å². The van der Waals surface area contributed by atoms with Gasteiger partial charge in [-0.1, -0.05) is 25.8 Å². The SMILES string of the molecule is C=C(C)C(=O)OC1C2CC3CC1CC(OCOCC1CCCCC1)(C3)C2. The Hall–Kier alpha value is -0.870. The number of ether oxygens (including phenoxy) is 3. The normalized spacial score (nSPS) is 39.1. The summed E-state index contributed by atoms with van der Waals surface area (Å²) >= 11 is 0. The van der Waals surface area contributed by atoms with Crippen molar-refractivity contribution in [2.24, 2.45) is 23.7 Å². The summed E-state index contributed by atoms with van der Waals surface area (Å²) in [6.45, 7) is 6.74. The molecule has 4 heteroatoms. The molecule has 0 aromatic rings. The maximum absolute atomic E-state index is 12.0. The van der Waals surface area contributed by atoms with Gasteiger partial charge in [0.05, 0.1) is 12.2 Å². The van der Waals surface area contributed by atoms with E-state index in [1.807, 2.05) is 0 Å². The van der Waals surface area contributed by atoms with Crippen LogP contribution >= 0.6 is 0 Å². The highest BCUT2D eigenvalue weighted by Crippen LogP contribution is 2.58. The van der Waals surface area contributed by atoms with Crippen molar-refractivity contribution in [1.29, 1.82) is 0 Å². The topological polar surface area (TPSA) is 44.8 Å². The van der Waals surface area contributed by atoms with Crippen LogP contribution in [0.25, 0.3) is 0 Å². The lowest BCUT2D eigenvalue weighted by Crippen LogP contribution is -2.59. The van der Waals surface area contributed by atoms with E-state index in [4.69, 9.17) is 14.2 Å². The third-order valence-corrected chi connectivity index (χ3v) is 7.25. The van der Waals surface area contributed by atoms with Gasteiger partial charge in [0.1, 0.15) is 12.9 Å². The van der Waals surface area contributed by atoms with Crippen molar-refractivity contribution in [2.45, 2.75) is 82.8 Å². The maximum atomic E-state index is 12.0.